The number of aromatic nitrogens is 4. The lowest BCUT2D eigenvalue weighted by Crippen LogP contribution is -2.36. The van der Waals surface area contributed by atoms with Crippen molar-refractivity contribution < 1.29 is 12.8 Å². The number of aliphatic imine (C=N–C) groups is 1. The van der Waals surface area contributed by atoms with Gasteiger partial charge in [0.05, 0.1) is 24.3 Å². The molecule has 1 aliphatic rings. The highest BCUT2D eigenvalue weighted by molar-refractivity contribution is 7.88. The number of sulfonamides is 1. The number of pyridine rings is 1. The third-order valence-electron chi connectivity index (χ3n) is 4.59. The van der Waals surface area contributed by atoms with Crippen molar-refractivity contribution in [2.24, 2.45) is 4.99 Å². The molecule has 0 atom stereocenters. The first kappa shape index (κ1) is 18.6. The summed E-state index contributed by atoms with van der Waals surface area (Å²) in [6.07, 6.45) is 8.23. The molecule has 0 amide bonds. The van der Waals surface area contributed by atoms with Crippen molar-refractivity contribution in [3.05, 3.63) is 42.6 Å². The van der Waals surface area contributed by atoms with E-state index in [-0.39, 0.29) is 17.7 Å². The van der Waals surface area contributed by atoms with Gasteiger partial charge in [-0.05, 0) is 37.8 Å². The van der Waals surface area contributed by atoms with Crippen molar-refractivity contribution in [3.8, 4) is 11.4 Å². The molecule has 3 aromatic rings. The molecule has 8 nitrogen and oxygen atoms in total. The maximum Gasteiger partial charge on any atom is 0.250 e. The zero-order valence-electron chi connectivity index (χ0n) is 15.2. The molecule has 146 valence electrons. The normalized spacial score (nSPS) is 17.8. The van der Waals surface area contributed by atoms with E-state index in [0.717, 1.165) is 18.2 Å². The van der Waals surface area contributed by atoms with Crippen molar-refractivity contribution in [1.82, 2.24) is 24.1 Å². The largest absolute Gasteiger partial charge is 0.298 e. The van der Waals surface area contributed by atoms with Crippen molar-refractivity contribution >= 4 is 27.3 Å². The number of nitrogens with one attached hydrogen (secondary N) is 1. The fraction of sp³-hybridized carbons (Fsp3) is 0.333. The quantitative estimate of drug-likeness (QED) is 0.722. The summed E-state index contributed by atoms with van der Waals surface area (Å²) in [5, 5.41) is 0. The number of hydrogen-bond donors (Lipinski definition) is 1. The van der Waals surface area contributed by atoms with Gasteiger partial charge < -0.3 is 0 Å². The van der Waals surface area contributed by atoms with Gasteiger partial charge in [-0.1, -0.05) is 6.07 Å². The summed E-state index contributed by atoms with van der Waals surface area (Å²) < 4.78 is 41.4. The van der Waals surface area contributed by atoms with Gasteiger partial charge in [-0.15, -0.1) is 0 Å². The summed E-state index contributed by atoms with van der Waals surface area (Å²) in [7, 11) is -3.22. The summed E-state index contributed by atoms with van der Waals surface area (Å²) >= 11 is 0. The molecule has 3 aromatic heterocycles. The predicted octanol–water partition coefficient (Wildman–Crippen LogP) is 2.49. The van der Waals surface area contributed by atoms with Crippen LogP contribution in [0.4, 0.5) is 10.3 Å². The molecule has 1 aliphatic carbocycles. The zero-order chi connectivity index (χ0) is 19.7. The topological polar surface area (TPSA) is 102 Å². The Labute approximate surface area is 161 Å². The van der Waals surface area contributed by atoms with Gasteiger partial charge in [-0.2, -0.15) is 0 Å². The van der Waals surface area contributed by atoms with Crippen LogP contribution >= 0.6 is 0 Å². The zero-order valence-corrected chi connectivity index (χ0v) is 16.0. The van der Waals surface area contributed by atoms with Crippen LogP contribution in [-0.4, -0.2) is 45.8 Å². The van der Waals surface area contributed by atoms with Crippen LogP contribution in [0.3, 0.4) is 0 Å². The molecule has 10 heteroatoms. The van der Waals surface area contributed by atoms with Crippen LogP contribution in [0, 0.1) is 5.82 Å². The first-order chi connectivity index (χ1) is 13.4. The SMILES string of the molecule is CS(=O)(=O)NC1CCC(=Nc2ncc(F)c(-c3cnc4ccccn34)n2)CC1. The van der Waals surface area contributed by atoms with E-state index in [1.165, 1.54) is 0 Å². The first-order valence-corrected chi connectivity index (χ1v) is 10.8. The maximum atomic E-state index is 14.4. The van der Waals surface area contributed by atoms with E-state index in [2.05, 4.69) is 24.7 Å². The molecule has 28 heavy (non-hydrogen) atoms. The molecule has 1 fully saturated rings. The molecule has 0 aromatic carbocycles. The molecule has 0 radical (unpaired) electrons. The summed E-state index contributed by atoms with van der Waals surface area (Å²) in [5.41, 5.74) is 2.24. The monoisotopic (exact) mass is 402 g/mol. The van der Waals surface area contributed by atoms with Gasteiger partial charge in [-0.25, -0.2) is 37.5 Å². The van der Waals surface area contributed by atoms with E-state index in [9.17, 15) is 12.8 Å². The number of imidazole rings is 1. The summed E-state index contributed by atoms with van der Waals surface area (Å²) in [4.78, 5) is 17.0. The van der Waals surface area contributed by atoms with E-state index in [0.29, 0.717) is 37.0 Å². The van der Waals surface area contributed by atoms with E-state index >= 15 is 0 Å². The highest BCUT2D eigenvalue weighted by atomic mass is 32.2. The fourth-order valence-electron chi connectivity index (χ4n) is 3.32. The average Bonchev–Trinajstić information content (AvgIpc) is 3.08. The standard InChI is InChI=1S/C18H19FN6O2S/c1-28(26,27)24-13-7-5-12(6-8-13)22-18-21-10-14(19)17(23-18)15-11-20-16-4-2-3-9-25(15)16/h2-4,9-11,13,24H,5-8H2,1H3. The second kappa shape index (κ2) is 7.36. The molecule has 1 N–H and O–H groups in total. The second-order valence-corrected chi connectivity index (χ2v) is 8.56. The minimum atomic E-state index is -3.22. The number of hydrogen-bond acceptors (Lipinski definition) is 6. The lowest BCUT2D eigenvalue weighted by atomic mass is 9.94. The molecule has 0 bridgehead atoms. The number of nitrogens with zero attached hydrogens (tertiary/aromatic N) is 5. The Morgan fingerprint density at radius 1 is 1.21 bits per heavy atom. The Morgan fingerprint density at radius 2 is 2.00 bits per heavy atom. The number of fused-ring (bicyclic) bond motifs is 1. The molecular weight excluding hydrogens is 383 g/mol. The van der Waals surface area contributed by atoms with Gasteiger partial charge in [0, 0.05) is 18.0 Å². The van der Waals surface area contributed by atoms with E-state index in [4.69, 9.17) is 0 Å². The van der Waals surface area contributed by atoms with E-state index in [1.807, 2.05) is 18.2 Å². The van der Waals surface area contributed by atoms with Crippen LogP contribution < -0.4 is 4.72 Å². The second-order valence-electron chi connectivity index (χ2n) is 6.78. The van der Waals surface area contributed by atoms with Crippen molar-refractivity contribution in [1.29, 1.82) is 0 Å². The Morgan fingerprint density at radius 3 is 2.75 bits per heavy atom. The van der Waals surface area contributed by atoms with Gasteiger partial charge in [0.15, 0.2) is 5.82 Å². The minimum absolute atomic E-state index is 0.0863. The molecule has 0 saturated heterocycles. The highest BCUT2D eigenvalue weighted by Crippen LogP contribution is 2.24. The smallest absolute Gasteiger partial charge is 0.250 e. The maximum absolute atomic E-state index is 14.4. The Hall–Kier alpha value is -2.72. The number of halogens is 1. The lowest BCUT2D eigenvalue weighted by molar-refractivity contribution is 0.498. The van der Waals surface area contributed by atoms with Crippen LogP contribution in [-0.2, 0) is 10.0 Å². The molecular formula is C18H19FN6O2S. The van der Waals surface area contributed by atoms with Crippen LogP contribution in [0.1, 0.15) is 25.7 Å². The Balaban J connectivity index is 1.57. The van der Waals surface area contributed by atoms with Crippen LogP contribution in [0.2, 0.25) is 0 Å². The molecule has 0 unspecified atom stereocenters. The number of rotatable bonds is 4. The molecule has 4 rings (SSSR count). The van der Waals surface area contributed by atoms with Crippen LogP contribution in [0.25, 0.3) is 17.0 Å². The first-order valence-electron chi connectivity index (χ1n) is 8.88. The van der Waals surface area contributed by atoms with Gasteiger partial charge in [0.25, 0.3) is 0 Å². The third-order valence-corrected chi connectivity index (χ3v) is 5.35. The average molecular weight is 402 g/mol. The summed E-state index contributed by atoms with van der Waals surface area (Å²) in [6.45, 7) is 0. The third kappa shape index (κ3) is 4.07. The van der Waals surface area contributed by atoms with E-state index in [1.54, 1.807) is 16.8 Å². The molecule has 1 saturated carbocycles. The molecule has 0 aliphatic heterocycles. The minimum Gasteiger partial charge on any atom is -0.298 e. The highest BCUT2D eigenvalue weighted by Gasteiger charge is 2.21. The van der Waals surface area contributed by atoms with Gasteiger partial charge >= 0.3 is 0 Å². The van der Waals surface area contributed by atoms with Gasteiger partial charge in [-0.3, -0.25) is 4.40 Å². The Kier molecular flexibility index (Phi) is 4.90. The molecule has 3 heterocycles. The van der Waals surface area contributed by atoms with Crippen molar-refractivity contribution in [3.63, 3.8) is 0 Å². The van der Waals surface area contributed by atoms with Crippen LogP contribution in [0.15, 0.2) is 41.8 Å². The van der Waals surface area contributed by atoms with Crippen molar-refractivity contribution in [2.75, 3.05) is 6.26 Å². The lowest BCUT2D eigenvalue weighted by Gasteiger charge is -2.23. The van der Waals surface area contributed by atoms with Crippen molar-refractivity contribution in [2.45, 2.75) is 31.7 Å². The Bertz CT molecular complexity index is 1150. The predicted molar refractivity (Wildman–Crippen MR) is 104 cm³/mol. The van der Waals surface area contributed by atoms with Crippen LogP contribution in [0.5, 0.6) is 0 Å². The van der Waals surface area contributed by atoms with E-state index < -0.39 is 15.8 Å². The summed E-state index contributed by atoms with van der Waals surface area (Å²) in [5.74, 6) is -0.359. The summed E-state index contributed by atoms with van der Waals surface area (Å²) in [6, 6.07) is 5.43. The van der Waals surface area contributed by atoms with Gasteiger partial charge in [0.2, 0.25) is 16.0 Å². The fourth-order valence-corrected chi connectivity index (χ4v) is 4.17. The molecule has 0 spiro atoms. The van der Waals surface area contributed by atoms with Gasteiger partial charge in [0.1, 0.15) is 11.3 Å².